The van der Waals surface area contributed by atoms with Crippen molar-refractivity contribution >= 4 is 12.1 Å². The number of carboxylic acid groups (broad SMARTS) is 1. The number of carbonyl (C=O) groups is 2. The van der Waals surface area contributed by atoms with Gasteiger partial charge in [0.1, 0.15) is 6.04 Å². The van der Waals surface area contributed by atoms with Gasteiger partial charge in [-0.3, -0.25) is 9.63 Å². The van der Waals surface area contributed by atoms with Gasteiger partial charge in [0.25, 0.3) is 5.09 Å². The number of carbonyl (C=O) groups excluding carboxylic acids is 1. The third-order valence-corrected chi connectivity index (χ3v) is 4.19. The minimum atomic E-state index is -1.28. The van der Waals surface area contributed by atoms with Crippen molar-refractivity contribution in [1.82, 2.24) is 10.6 Å². The number of amides is 1. The molecule has 1 aromatic rings. The van der Waals surface area contributed by atoms with Crippen molar-refractivity contribution in [3.8, 4) is 0 Å². The zero-order valence-electron chi connectivity index (χ0n) is 16.7. The maximum absolute atomic E-state index is 11.5. The van der Waals surface area contributed by atoms with Gasteiger partial charge in [0.05, 0.1) is 0 Å². The highest BCUT2D eigenvalue weighted by atomic mass is 17.0. The fourth-order valence-electron chi connectivity index (χ4n) is 2.76. The SMILES string of the molecule is CC(CCCCNC(=O)OC(C)O[N+](=O)[O-])NC(CCc1ccccc1)C(=O)O. The molecule has 0 aliphatic carbocycles. The molecular weight excluding hydrogens is 382 g/mol. The highest BCUT2D eigenvalue weighted by Crippen LogP contribution is 2.08. The van der Waals surface area contributed by atoms with Crippen LogP contribution in [-0.4, -0.2) is 47.2 Å². The standard InChI is InChI=1S/C19H29N3O7/c1-14(8-6-7-13-20-19(25)28-15(2)29-22(26)27)21-17(18(23)24)12-11-16-9-4-3-5-10-16/h3-5,9-10,14-15,17,21H,6-8,11-13H2,1-2H3,(H,20,25)(H,23,24). The molecule has 0 aliphatic rings. The second-order valence-electron chi connectivity index (χ2n) is 6.71. The number of carboxylic acids is 1. The number of ether oxygens (including phenoxy) is 1. The molecule has 0 spiro atoms. The molecule has 29 heavy (non-hydrogen) atoms. The van der Waals surface area contributed by atoms with Crippen molar-refractivity contribution in [2.45, 2.75) is 64.3 Å². The van der Waals surface area contributed by atoms with E-state index in [0.29, 0.717) is 25.8 Å². The maximum Gasteiger partial charge on any atom is 0.409 e. The Morgan fingerprint density at radius 1 is 1.17 bits per heavy atom. The topological polar surface area (TPSA) is 140 Å². The largest absolute Gasteiger partial charge is 0.480 e. The fourth-order valence-corrected chi connectivity index (χ4v) is 2.76. The maximum atomic E-state index is 11.5. The molecule has 3 N–H and O–H groups in total. The Morgan fingerprint density at radius 2 is 1.86 bits per heavy atom. The summed E-state index contributed by atoms with van der Waals surface area (Å²) < 4.78 is 4.64. The smallest absolute Gasteiger partial charge is 0.409 e. The van der Waals surface area contributed by atoms with Gasteiger partial charge in [-0.2, -0.15) is 0 Å². The molecule has 10 nitrogen and oxygen atoms in total. The van der Waals surface area contributed by atoms with Crippen LogP contribution in [0.25, 0.3) is 0 Å². The van der Waals surface area contributed by atoms with Crippen molar-refractivity contribution < 1.29 is 29.4 Å². The van der Waals surface area contributed by atoms with E-state index in [1.165, 1.54) is 6.92 Å². The molecule has 0 aromatic heterocycles. The number of unbranched alkanes of at least 4 members (excludes halogenated alkanes) is 1. The van der Waals surface area contributed by atoms with Crippen LogP contribution >= 0.6 is 0 Å². The Bertz CT molecular complexity index is 642. The lowest BCUT2D eigenvalue weighted by atomic mass is 10.0. The van der Waals surface area contributed by atoms with E-state index in [-0.39, 0.29) is 6.04 Å². The Labute approximate surface area is 169 Å². The second kappa shape index (κ2) is 13.3. The molecule has 0 fully saturated rings. The molecular formula is C19H29N3O7. The Morgan fingerprint density at radius 3 is 2.48 bits per heavy atom. The van der Waals surface area contributed by atoms with E-state index in [0.717, 1.165) is 18.4 Å². The van der Waals surface area contributed by atoms with Crippen LogP contribution in [0.3, 0.4) is 0 Å². The second-order valence-corrected chi connectivity index (χ2v) is 6.71. The lowest BCUT2D eigenvalue weighted by Gasteiger charge is -2.20. The van der Waals surface area contributed by atoms with Crippen molar-refractivity contribution in [2.75, 3.05) is 6.54 Å². The van der Waals surface area contributed by atoms with Gasteiger partial charge in [0.15, 0.2) is 0 Å². The number of rotatable bonds is 14. The molecule has 10 heteroatoms. The highest BCUT2D eigenvalue weighted by Gasteiger charge is 2.19. The van der Waals surface area contributed by atoms with Crippen LogP contribution in [0.2, 0.25) is 0 Å². The molecule has 0 radical (unpaired) electrons. The number of benzene rings is 1. The zero-order chi connectivity index (χ0) is 21.6. The normalized spacial score (nSPS) is 13.7. The highest BCUT2D eigenvalue weighted by molar-refractivity contribution is 5.73. The van der Waals surface area contributed by atoms with Gasteiger partial charge in [-0.15, -0.1) is 10.1 Å². The van der Waals surface area contributed by atoms with Crippen LogP contribution in [0, 0.1) is 10.1 Å². The van der Waals surface area contributed by atoms with Gasteiger partial charge in [-0.25, -0.2) is 4.79 Å². The molecule has 0 saturated carbocycles. The zero-order valence-corrected chi connectivity index (χ0v) is 16.7. The first-order chi connectivity index (χ1) is 13.8. The summed E-state index contributed by atoms with van der Waals surface area (Å²) >= 11 is 0. The molecule has 162 valence electrons. The average Bonchev–Trinajstić information content (AvgIpc) is 2.64. The number of nitrogens with one attached hydrogen (secondary N) is 2. The first kappa shape index (κ1) is 24.2. The summed E-state index contributed by atoms with van der Waals surface area (Å²) in [5.41, 5.74) is 1.10. The molecule has 0 heterocycles. The van der Waals surface area contributed by atoms with Crippen molar-refractivity contribution in [3.63, 3.8) is 0 Å². The molecule has 1 aromatic carbocycles. The average molecular weight is 411 g/mol. The van der Waals surface area contributed by atoms with Gasteiger partial charge in [-0.1, -0.05) is 36.8 Å². The van der Waals surface area contributed by atoms with Crippen LogP contribution in [0.1, 0.15) is 45.1 Å². The first-order valence-electron chi connectivity index (χ1n) is 9.56. The Hall–Kier alpha value is -2.88. The van der Waals surface area contributed by atoms with E-state index in [4.69, 9.17) is 0 Å². The lowest BCUT2D eigenvalue weighted by molar-refractivity contribution is -0.777. The van der Waals surface area contributed by atoms with Crippen molar-refractivity contribution in [1.29, 1.82) is 0 Å². The summed E-state index contributed by atoms with van der Waals surface area (Å²) in [5, 5.41) is 24.1. The van der Waals surface area contributed by atoms with Crippen LogP contribution in [0.15, 0.2) is 30.3 Å². The monoisotopic (exact) mass is 411 g/mol. The number of hydrogen-bond acceptors (Lipinski definition) is 7. The van der Waals surface area contributed by atoms with E-state index >= 15 is 0 Å². The first-order valence-corrected chi connectivity index (χ1v) is 9.56. The number of nitrogens with zero attached hydrogens (tertiary/aromatic N) is 1. The molecule has 3 atom stereocenters. The number of aliphatic carboxylic acids is 1. The van der Waals surface area contributed by atoms with E-state index in [1.54, 1.807) is 0 Å². The van der Waals surface area contributed by atoms with Crippen LogP contribution in [-0.2, 0) is 20.8 Å². The van der Waals surface area contributed by atoms with Gasteiger partial charge >= 0.3 is 12.1 Å². The Kier molecular flexibility index (Phi) is 11.1. The number of alkyl carbamates (subject to hydrolysis) is 1. The van der Waals surface area contributed by atoms with Gasteiger partial charge < -0.3 is 20.5 Å². The van der Waals surface area contributed by atoms with Crippen LogP contribution in [0.4, 0.5) is 4.79 Å². The Balaban J connectivity index is 2.20. The van der Waals surface area contributed by atoms with Crippen molar-refractivity contribution in [3.05, 3.63) is 46.0 Å². The van der Waals surface area contributed by atoms with E-state index < -0.39 is 29.5 Å². The lowest BCUT2D eigenvalue weighted by Crippen LogP contribution is -2.42. The number of hydrogen-bond donors (Lipinski definition) is 3. The summed E-state index contributed by atoms with van der Waals surface area (Å²) in [5.74, 6) is -0.872. The molecule has 0 bridgehead atoms. The summed E-state index contributed by atoms with van der Waals surface area (Å²) in [4.78, 5) is 37.1. The third kappa shape index (κ3) is 11.5. The molecule has 3 unspecified atom stereocenters. The third-order valence-electron chi connectivity index (χ3n) is 4.19. The van der Waals surface area contributed by atoms with Crippen LogP contribution < -0.4 is 10.6 Å². The fraction of sp³-hybridized carbons (Fsp3) is 0.579. The summed E-state index contributed by atoms with van der Waals surface area (Å²) in [6.07, 6.45) is 1.28. The predicted molar refractivity (Wildman–Crippen MR) is 105 cm³/mol. The molecule has 0 saturated heterocycles. The predicted octanol–water partition coefficient (Wildman–Crippen LogP) is 2.50. The minimum absolute atomic E-state index is 0.00679. The molecule has 1 amide bonds. The van der Waals surface area contributed by atoms with Crippen molar-refractivity contribution in [2.24, 2.45) is 0 Å². The van der Waals surface area contributed by atoms with Gasteiger partial charge in [0, 0.05) is 12.6 Å². The molecule has 1 rings (SSSR count). The molecule has 0 aliphatic heterocycles. The minimum Gasteiger partial charge on any atom is -0.480 e. The summed E-state index contributed by atoms with van der Waals surface area (Å²) in [7, 11) is 0. The van der Waals surface area contributed by atoms with Crippen LogP contribution in [0.5, 0.6) is 0 Å². The van der Waals surface area contributed by atoms with E-state index in [1.807, 2.05) is 37.3 Å². The van der Waals surface area contributed by atoms with E-state index in [9.17, 15) is 24.8 Å². The summed E-state index contributed by atoms with van der Waals surface area (Å²) in [6.45, 7) is 3.51. The summed E-state index contributed by atoms with van der Waals surface area (Å²) in [6, 6.07) is 9.12. The number of aryl methyl sites for hydroxylation is 1. The van der Waals surface area contributed by atoms with Gasteiger partial charge in [0.2, 0.25) is 6.29 Å². The quantitative estimate of drug-likeness (QED) is 0.184. The van der Waals surface area contributed by atoms with Gasteiger partial charge in [-0.05, 0) is 45.1 Å². The van der Waals surface area contributed by atoms with E-state index in [2.05, 4.69) is 20.2 Å².